The largest absolute Gasteiger partial charge is 0.453 e. The maximum Gasteiger partial charge on any atom is 0.407 e. The number of nitrogens with zero attached hydrogens (tertiary/aromatic N) is 4. The van der Waals surface area contributed by atoms with Gasteiger partial charge in [0.15, 0.2) is 0 Å². The molecule has 0 bridgehead atoms. The van der Waals surface area contributed by atoms with Gasteiger partial charge in [-0.1, -0.05) is 51.6 Å². The van der Waals surface area contributed by atoms with E-state index in [2.05, 4.69) is 35.9 Å². The molecule has 3 aliphatic heterocycles. The van der Waals surface area contributed by atoms with Crippen LogP contribution in [-0.2, 0) is 19.1 Å². The summed E-state index contributed by atoms with van der Waals surface area (Å²) in [5, 5.41) is 8.46. The van der Waals surface area contributed by atoms with Gasteiger partial charge in [-0.2, -0.15) is 0 Å². The van der Waals surface area contributed by atoms with Crippen LogP contribution in [-0.4, -0.2) is 99.0 Å². The summed E-state index contributed by atoms with van der Waals surface area (Å²) in [6.45, 7) is 8.61. The number of amides is 5. The number of carbonyl (C=O) groups is 5. The van der Waals surface area contributed by atoms with Gasteiger partial charge in [0, 0.05) is 34.0 Å². The summed E-state index contributed by atoms with van der Waals surface area (Å²) in [5.74, 6) is 0.385. The molecule has 7 rings (SSSR count). The lowest BCUT2D eigenvalue weighted by atomic mass is 10.0. The van der Waals surface area contributed by atoms with Crippen LogP contribution in [0, 0.1) is 11.8 Å². The predicted octanol–water partition coefficient (Wildman–Crippen LogP) is 6.27. The molecule has 2 aromatic carbocycles. The van der Waals surface area contributed by atoms with Gasteiger partial charge in [0.05, 0.1) is 61.3 Å². The van der Waals surface area contributed by atoms with Gasteiger partial charge in [-0.15, -0.1) is 0 Å². The van der Waals surface area contributed by atoms with E-state index in [-0.39, 0.29) is 41.6 Å². The minimum absolute atomic E-state index is 0.141. The second kappa shape index (κ2) is 16.9. The first-order chi connectivity index (χ1) is 27.9. The van der Waals surface area contributed by atoms with Crippen molar-refractivity contribution in [3.05, 3.63) is 66.0 Å². The van der Waals surface area contributed by atoms with E-state index in [0.29, 0.717) is 41.7 Å². The Hall–Kier alpha value is -5.84. The Morgan fingerprint density at radius 2 is 1.22 bits per heavy atom. The molecule has 16 nitrogen and oxygen atoms in total. The van der Waals surface area contributed by atoms with E-state index in [9.17, 15) is 24.0 Å². The van der Waals surface area contributed by atoms with E-state index in [1.807, 2.05) is 64.1 Å². The van der Waals surface area contributed by atoms with Crippen molar-refractivity contribution in [2.75, 3.05) is 32.6 Å². The molecule has 3 aliphatic rings. The number of benzene rings is 2. The molecule has 5 N–H and O–H groups in total. The molecular weight excluding hydrogens is 763 g/mol. The van der Waals surface area contributed by atoms with Crippen LogP contribution in [0.4, 0.5) is 15.3 Å². The maximum absolute atomic E-state index is 13.8. The Labute approximate surface area is 340 Å². The zero-order valence-electron chi connectivity index (χ0n) is 33.4. The fourth-order valence-corrected chi connectivity index (χ4v) is 8.84. The Morgan fingerprint density at radius 1 is 0.741 bits per heavy atom. The molecule has 4 aromatic rings. The van der Waals surface area contributed by atoms with E-state index in [1.165, 1.54) is 26.0 Å². The number of aromatic amines is 2. The molecule has 0 aliphatic carbocycles. The van der Waals surface area contributed by atoms with Crippen LogP contribution in [0.1, 0.15) is 87.5 Å². The molecule has 5 amide bonds. The molecule has 17 heteroatoms. The van der Waals surface area contributed by atoms with Crippen molar-refractivity contribution in [1.29, 1.82) is 0 Å². The number of alkyl carbamates (subject to hydrolysis) is 2. The van der Waals surface area contributed by atoms with Crippen molar-refractivity contribution < 1.29 is 33.4 Å². The van der Waals surface area contributed by atoms with Gasteiger partial charge >= 0.3 is 12.2 Å². The van der Waals surface area contributed by atoms with Gasteiger partial charge in [0.25, 0.3) is 5.91 Å². The summed E-state index contributed by atoms with van der Waals surface area (Å²) in [6.07, 6.45) is 5.20. The zero-order valence-corrected chi connectivity index (χ0v) is 34.2. The highest BCUT2D eigenvalue weighted by molar-refractivity contribution is 7.99. The van der Waals surface area contributed by atoms with E-state index in [4.69, 9.17) is 9.47 Å². The van der Waals surface area contributed by atoms with Crippen molar-refractivity contribution in [2.45, 2.75) is 87.3 Å². The van der Waals surface area contributed by atoms with Gasteiger partial charge in [-0.05, 0) is 61.8 Å². The zero-order chi connectivity index (χ0) is 41.2. The Kier molecular flexibility index (Phi) is 11.8. The highest BCUT2D eigenvalue weighted by atomic mass is 32.2. The van der Waals surface area contributed by atoms with Crippen LogP contribution >= 0.6 is 11.8 Å². The van der Waals surface area contributed by atoms with Gasteiger partial charge < -0.3 is 45.2 Å². The lowest BCUT2D eigenvalue weighted by Gasteiger charge is -2.30. The van der Waals surface area contributed by atoms with Crippen molar-refractivity contribution in [3.8, 4) is 22.5 Å². The Bertz CT molecular complexity index is 2220. The highest BCUT2D eigenvalue weighted by Gasteiger charge is 2.39. The number of anilines is 1. The molecule has 2 saturated heterocycles. The van der Waals surface area contributed by atoms with Crippen LogP contribution in [0.25, 0.3) is 22.5 Å². The third kappa shape index (κ3) is 8.12. The van der Waals surface area contributed by atoms with Crippen molar-refractivity contribution >= 4 is 47.4 Å². The average molecular weight is 812 g/mol. The number of likely N-dealkylation sites (tertiary alicyclic amines) is 2. The number of aromatic nitrogens is 4. The third-order valence-corrected chi connectivity index (χ3v) is 12.1. The molecule has 0 radical (unpaired) electrons. The maximum atomic E-state index is 13.8. The lowest BCUT2D eigenvalue weighted by Crippen LogP contribution is -2.51. The number of fused-ring (bicyclic) bond motifs is 2. The number of hydrogen-bond acceptors (Lipinski definition) is 10. The van der Waals surface area contributed by atoms with Gasteiger partial charge in [-0.25, -0.2) is 19.6 Å². The second-order valence-corrected chi connectivity index (χ2v) is 16.5. The lowest BCUT2D eigenvalue weighted by molar-refractivity contribution is -0.136. The topological polar surface area (TPSA) is 204 Å². The fourth-order valence-electron chi connectivity index (χ4n) is 7.85. The van der Waals surface area contributed by atoms with E-state index >= 15 is 0 Å². The number of nitrogens with one attached hydrogen (secondary N) is 5. The molecule has 2 fully saturated rings. The van der Waals surface area contributed by atoms with Crippen molar-refractivity contribution in [1.82, 2.24) is 40.4 Å². The number of ether oxygens (including phenoxy) is 2. The Balaban J connectivity index is 1.06. The smallest absolute Gasteiger partial charge is 0.407 e. The number of carbonyl (C=O) groups excluding carboxylic acids is 5. The molecule has 4 atom stereocenters. The highest BCUT2D eigenvalue weighted by Crippen LogP contribution is 2.42. The first-order valence-electron chi connectivity index (χ1n) is 19.5. The number of hydrogen-bond donors (Lipinski definition) is 5. The standard InChI is InChI=1S/C41H49N9O7S/c1-21(2)33(47-40(54)56-5)38(52)49-15-7-9-29(49)35-42-19-27(44-35)23-11-13-31-25(17-23)37(51)46-26-18-24(12-14-32(26)58-31)28-20-43-36(45-28)30-10-8-16-50(30)39(53)34(22(3)4)48-41(55)57-6/h11-14,17-22,29-30,33-34H,7-10,15-16H2,1-6H3,(H,42,44)(H,43,45)(H,46,51)(H,47,54)(H,48,55). The van der Waals surface area contributed by atoms with Crippen molar-refractivity contribution in [2.24, 2.45) is 11.8 Å². The van der Waals surface area contributed by atoms with Crippen LogP contribution in [0.15, 0.2) is 58.6 Å². The Morgan fingerprint density at radius 3 is 1.71 bits per heavy atom. The fraction of sp³-hybridized carbons (Fsp3) is 0.439. The molecule has 5 heterocycles. The second-order valence-electron chi connectivity index (χ2n) is 15.4. The minimum Gasteiger partial charge on any atom is -0.453 e. The summed E-state index contributed by atoms with van der Waals surface area (Å²) in [7, 11) is 2.55. The van der Waals surface area contributed by atoms with Crippen LogP contribution < -0.4 is 16.0 Å². The quantitative estimate of drug-likeness (QED) is 0.121. The molecule has 2 aromatic heterocycles. The van der Waals surface area contributed by atoms with Gasteiger partial charge in [0.2, 0.25) is 11.8 Å². The number of rotatable bonds is 10. The van der Waals surface area contributed by atoms with Crippen molar-refractivity contribution in [3.63, 3.8) is 0 Å². The number of imidazole rings is 2. The third-order valence-electron chi connectivity index (χ3n) is 11.0. The van der Waals surface area contributed by atoms with E-state index in [1.54, 1.807) is 22.2 Å². The molecule has 0 saturated carbocycles. The molecule has 4 unspecified atom stereocenters. The van der Waals surface area contributed by atoms with Crippen LogP contribution in [0.3, 0.4) is 0 Å². The predicted molar refractivity (Wildman–Crippen MR) is 216 cm³/mol. The number of methoxy groups -OCH3 is 2. The molecular formula is C41H49N9O7S. The molecule has 58 heavy (non-hydrogen) atoms. The monoisotopic (exact) mass is 811 g/mol. The summed E-state index contributed by atoms with van der Waals surface area (Å²) < 4.78 is 9.51. The first-order valence-corrected chi connectivity index (χ1v) is 20.4. The molecule has 0 spiro atoms. The summed E-state index contributed by atoms with van der Waals surface area (Å²) in [4.78, 5) is 86.4. The summed E-state index contributed by atoms with van der Waals surface area (Å²) in [6, 6.07) is 9.54. The van der Waals surface area contributed by atoms with Crippen LogP contribution in [0.2, 0.25) is 0 Å². The summed E-state index contributed by atoms with van der Waals surface area (Å²) >= 11 is 1.49. The van der Waals surface area contributed by atoms with Crippen LogP contribution in [0.5, 0.6) is 0 Å². The SMILES string of the molecule is COC(=O)NC(C(=O)N1CCCC1c1ncc(-c2ccc3c(c2)NC(=O)c2cc(-c4cnc(C5CCCN5C(=O)C(NC(=O)OC)C(C)C)[nH]4)ccc2S3)[nH]1)C(C)C. The molecule has 306 valence electrons. The normalized spacial score (nSPS) is 18.6. The average Bonchev–Trinajstić information content (AvgIpc) is 4.05. The van der Waals surface area contributed by atoms with E-state index in [0.717, 1.165) is 52.3 Å². The van der Waals surface area contributed by atoms with Gasteiger partial charge in [0.1, 0.15) is 23.7 Å². The van der Waals surface area contributed by atoms with E-state index < -0.39 is 24.3 Å². The van der Waals surface area contributed by atoms with Gasteiger partial charge in [-0.3, -0.25) is 14.4 Å². The minimum atomic E-state index is -0.734. The first kappa shape index (κ1) is 40.4. The summed E-state index contributed by atoms with van der Waals surface area (Å²) in [5.41, 5.74) is 4.21. The number of H-pyrrole nitrogens is 2.